The van der Waals surface area contributed by atoms with Gasteiger partial charge in [0.2, 0.25) is 0 Å². The number of thiophene rings is 1. The molecule has 0 amide bonds. The number of carbonyl (C=O) groups is 1. The molecule has 0 saturated carbocycles. The Balaban J connectivity index is 2.47. The van der Waals surface area contributed by atoms with E-state index in [1.54, 1.807) is 24.9 Å². The highest BCUT2D eigenvalue weighted by molar-refractivity contribution is 7.70. The van der Waals surface area contributed by atoms with Crippen LogP contribution in [-0.2, 0) is 16.1 Å². The molecule has 2 rings (SSSR count). The maximum absolute atomic E-state index is 13.3. The van der Waals surface area contributed by atoms with Gasteiger partial charge in [-0.3, -0.25) is 0 Å². The molecule has 24 heavy (non-hydrogen) atoms. The largest absolute Gasteiger partial charge is 0.477 e. The maximum atomic E-state index is 13.3. The van der Waals surface area contributed by atoms with Crippen LogP contribution >= 0.6 is 30.1 Å². The van der Waals surface area contributed by atoms with Crippen molar-refractivity contribution in [3.63, 3.8) is 0 Å². The molecule has 0 spiro atoms. The van der Waals surface area contributed by atoms with E-state index in [-0.39, 0.29) is 16.5 Å². The van der Waals surface area contributed by atoms with E-state index in [1.165, 1.54) is 11.3 Å². The van der Waals surface area contributed by atoms with E-state index in [0.717, 1.165) is 15.7 Å². The minimum atomic E-state index is -2.75. The van der Waals surface area contributed by atoms with Crippen LogP contribution in [0.2, 0.25) is 5.02 Å². The summed E-state index contributed by atoms with van der Waals surface area (Å²) < 4.78 is 13.3. The molecule has 1 unspecified atom stereocenters. The molecule has 0 aliphatic carbocycles. The van der Waals surface area contributed by atoms with E-state index in [0.29, 0.717) is 10.6 Å². The summed E-state index contributed by atoms with van der Waals surface area (Å²) in [6.45, 7) is 9.72. The standard InChI is InChI=1S/C18H22ClO3PS/c1-11-8-13(19)6-7-14(11)23(5,22)10-12-9-15(18(2,3)4)24-16(12)17(20)21/h6-9H,10H2,1-5H3,(H,20,21). The molecular weight excluding hydrogens is 363 g/mol. The quantitative estimate of drug-likeness (QED) is 0.705. The third-order valence-electron chi connectivity index (χ3n) is 3.88. The molecule has 0 radical (unpaired) electrons. The Morgan fingerprint density at radius 3 is 2.42 bits per heavy atom. The highest BCUT2D eigenvalue weighted by Crippen LogP contribution is 2.47. The lowest BCUT2D eigenvalue weighted by Gasteiger charge is -2.17. The van der Waals surface area contributed by atoms with Gasteiger partial charge in [0.15, 0.2) is 0 Å². The molecule has 3 nitrogen and oxygen atoms in total. The lowest BCUT2D eigenvalue weighted by atomic mass is 9.94. The lowest BCUT2D eigenvalue weighted by Crippen LogP contribution is -2.11. The van der Waals surface area contributed by atoms with Crippen molar-refractivity contribution < 1.29 is 14.5 Å². The zero-order valence-corrected chi connectivity index (χ0v) is 17.0. The molecular formula is C18H22ClO3PS. The zero-order chi connectivity index (χ0) is 18.3. The van der Waals surface area contributed by atoms with Crippen molar-refractivity contribution in [3.8, 4) is 0 Å². The Bertz CT molecular complexity index is 833. The number of carboxylic acid groups (broad SMARTS) is 1. The average molecular weight is 385 g/mol. The van der Waals surface area contributed by atoms with Crippen LogP contribution in [0, 0.1) is 6.92 Å². The van der Waals surface area contributed by atoms with Gasteiger partial charge in [0.25, 0.3) is 0 Å². The van der Waals surface area contributed by atoms with Crippen molar-refractivity contribution in [1.82, 2.24) is 0 Å². The number of hydrogen-bond acceptors (Lipinski definition) is 3. The maximum Gasteiger partial charge on any atom is 0.346 e. The molecule has 0 saturated heterocycles. The molecule has 0 bridgehead atoms. The minimum Gasteiger partial charge on any atom is -0.477 e. The highest BCUT2D eigenvalue weighted by atomic mass is 35.5. The summed E-state index contributed by atoms with van der Waals surface area (Å²) in [5.41, 5.74) is 1.38. The first kappa shape index (κ1) is 19.2. The van der Waals surface area contributed by atoms with Crippen LogP contribution in [0.3, 0.4) is 0 Å². The number of aryl methyl sites for hydroxylation is 1. The molecule has 0 aliphatic heterocycles. The average Bonchev–Trinajstić information content (AvgIpc) is 2.81. The molecule has 6 heteroatoms. The number of benzene rings is 1. The molecule has 1 heterocycles. The van der Waals surface area contributed by atoms with Crippen LogP contribution in [-0.4, -0.2) is 17.7 Å². The summed E-state index contributed by atoms with van der Waals surface area (Å²) >= 11 is 7.26. The van der Waals surface area contributed by atoms with Crippen LogP contribution in [0.4, 0.5) is 0 Å². The first-order valence-electron chi connectivity index (χ1n) is 7.61. The molecule has 0 aliphatic rings. The lowest BCUT2D eigenvalue weighted by molar-refractivity contribution is 0.0701. The Labute approximate surface area is 152 Å². The molecule has 1 atom stereocenters. The van der Waals surface area contributed by atoms with Crippen molar-refractivity contribution >= 4 is 41.4 Å². The molecule has 1 aromatic heterocycles. The Hall–Kier alpha value is -1.09. The molecule has 1 N–H and O–H groups in total. The topological polar surface area (TPSA) is 54.4 Å². The number of hydrogen-bond donors (Lipinski definition) is 1. The normalized spacial score (nSPS) is 14.4. The van der Waals surface area contributed by atoms with E-state index >= 15 is 0 Å². The SMILES string of the molecule is Cc1cc(Cl)ccc1P(C)(=O)Cc1cc(C(C)(C)C)sc1C(=O)O. The summed E-state index contributed by atoms with van der Waals surface area (Å²) in [6, 6.07) is 7.21. The summed E-state index contributed by atoms with van der Waals surface area (Å²) in [5, 5.41) is 10.9. The van der Waals surface area contributed by atoms with Gasteiger partial charge in [0, 0.05) is 21.4 Å². The van der Waals surface area contributed by atoms with Crippen LogP contribution in [0.1, 0.15) is 46.4 Å². The fourth-order valence-electron chi connectivity index (χ4n) is 2.66. The number of halogens is 1. The van der Waals surface area contributed by atoms with Gasteiger partial charge in [0.05, 0.1) is 0 Å². The summed E-state index contributed by atoms with van der Waals surface area (Å²) in [6.07, 6.45) is 0.240. The fourth-order valence-corrected chi connectivity index (χ4v) is 6.34. The van der Waals surface area contributed by atoms with Crippen molar-refractivity contribution in [1.29, 1.82) is 0 Å². The number of rotatable bonds is 4. The van der Waals surface area contributed by atoms with E-state index in [9.17, 15) is 14.5 Å². The van der Waals surface area contributed by atoms with Crippen LogP contribution < -0.4 is 5.30 Å². The summed E-state index contributed by atoms with van der Waals surface area (Å²) in [4.78, 5) is 12.9. The Kier molecular flexibility index (Phi) is 5.34. The zero-order valence-electron chi connectivity index (χ0n) is 14.5. The van der Waals surface area contributed by atoms with Gasteiger partial charge in [-0.1, -0.05) is 32.4 Å². The second-order valence-corrected chi connectivity index (χ2v) is 11.7. The number of aromatic carboxylic acids is 1. The van der Waals surface area contributed by atoms with Gasteiger partial charge in [-0.15, -0.1) is 11.3 Å². The van der Waals surface area contributed by atoms with Crippen LogP contribution in [0.15, 0.2) is 24.3 Å². The Morgan fingerprint density at radius 1 is 1.29 bits per heavy atom. The first-order valence-corrected chi connectivity index (χ1v) is 11.1. The first-order chi connectivity index (χ1) is 10.9. The van der Waals surface area contributed by atoms with E-state index in [1.807, 2.05) is 33.8 Å². The Morgan fingerprint density at radius 2 is 1.92 bits per heavy atom. The molecule has 1 aromatic carbocycles. The van der Waals surface area contributed by atoms with Crippen molar-refractivity contribution in [2.45, 2.75) is 39.3 Å². The van der Waals surface area contributed by atoms with Gasteiger partial charge in [-0.05, 0) is 54.4 Å². The van der Waals surface area contributed by atoms with Gasteiger partial charge >= 0.3 is 5.97 Å². The van der Waals surface area contributed by atoms with Crippen molar-refractivity contribution in [2.24, 2.45) is 0 Å². The van der Waals surface area contributed by atoms with Crippen molar-refractivity contribution in [2.75, 3.05) is 6.66 Å². The number of carboxylic acids is 1. The third-order valence-corrected chi connectivity index (χ3v) is 8.17. The fraction of sp³-hybridized carbons (Fsp3) is 0.389. The van der Waals surface area contributed by atoms with Crippen molar-refractivity contribution in [3.05, 3.63) is 50.2 Å². The molecule has 0 fully saturated rings. The van der Waals surface area contributed by atoms with E-state index < -0.39 is 13.1 Å². The minimum absolute atomic E-state index is 0.138. The van der Waals surface area contributed by atoms with Crippen LogP contribution in [0.25, 0.3) is 0 Å². The summed E-state index contributed by atoms with van der Waals surface area (Å²) in [7, 11) is -2.75. The third kappa shape index (κ3) is 4.11. The van der Waals surface area contributed by atoms with Gasteiger partial charge in [0.1, 0.15) is 12.0 Å². The van der Waals surface area contributed by atoms with Gasteiger partial charge in [-0.25, -0.2) is 4.79 Å². The highest BCUT2D eigenvalue weighted by Gasteiger charge is 2.28. The van der Waals surface area contributed by atoms with Crippen LogP contribution in [0.5, 0.6) is 0 Å². The molecule has 130 valence electrons. The second kappa shape index (κ2) is 6.67. The predicted molar refractivity (Wildman–Crippen MR) is 103 cm³/mol. The molecule has 2 aromatic rings. The monoisotopic (exact) mass is 384 g/mol. The smallest absolute Gasteiger partial charge is 0.346 e. The van der Waals surface area contributed by atoms with Gasteiger partial charge < -0.3 is 9.67 Å². The second-order valence-electron chi connectivity index (χ2n) is 7.21. The predicted octanol–water partition coefficient (Wildman–Crippen LogP) is 5.52. The van der Waals surface area contributed by atoms with E-state index in [2.05, 4.69) is 0 Å². The van der Waals surface area contributed by atoms with Gasteiger partial charge in [-0.2, -0.15) is 0 Å². The van der Waals surface area contributed by atoms with E-state index in [4.69, 9.17) is 11.6 Å². The summed E-state index contributed by atoms with van der Waals surface area (Å²) in [5.74, 6) is -0.960.